The quantitative estimate of drug-likeness (QED) is 0.355. The van der Waals surface area contributed by atoms with Gasteiger partial charge in [0.1, 0.15) is 12.4 Å². The standard InChI is InChI=1S/C24H19N3O/c1-2-6-21(7-3-1)26-27-22-13-9-19(10-14-22)20-11-15-24(16-12-20)28-18-23-8-4-5-17-25-23/h1-17H,18H2. The highest BCUT2D eigenvalue weighted by atomic mass is 16.5. The summed E-state index contributed by atoms with van der Waals surface area (Å²) in [7, 11) is 0. The molecule has 0 atom stereocenters. The summed E-state index contributed by atoms with van der Waals surface area (Å²) in [5, 5.41) is 8.52. The lowest BCUT2D eigenvalue weighted by atomic mass is 10.1. The van der Waals surface area contributed by atoms with Crippen molar-refractivity contribution in [1.29, 1.82) is 0 Å². The van der Waals surface area contributed by atoms with Gasteiger partial charge in [0.15, 0.2) is 0 Å². The first-order valence-corrected chi connectivity index (χ1v) is 9.07. The largest absolute Gasteiger partial charge is 0.487 e. The molecule has 3 aromatic carbocycles. The van der Waals surface area contributed by atoms with E-state index in [0.29, 0.717) is 6.61 Å². The average molecular weight is 365 g/mol. The fourth-order valence-electron chi connectivity index (χ4n) is 2.72. The normalized spacial score (nSPS) is 10.9. The average Bonchev–Trinajstić information content (AvgIpc) is 2.78. The van der Waals surface area contributed by atoms with Gasteiger partial charge < -0.3 is 4.74 Å². The molecule has 0 saturated heterocycles. The fourth-order valence-corrected chi connectivity index (χ4v) is 2.72. The van der Waals surface area contributed by atoms with E-state index in [0.717, 1.165) is 33.9 Å². The van der Waals surface area contributed by atoms with Gasteiger partial charge in [-0.25, -0.2) is 0 Å². The monoisotopic (exact) mass is 365 g/mol. The first-order chi connectivity index (χ1) is 13.9. The number of rotatable bonds is 6. The molecule has 0 radical (unpaired) electrons. The third kappa shape index (κ3) is 4.68. The van der Waals surface area contributed by atoms with Crippen molar-refractivity contribution in [2.45, 2.75) is 6.61 Å². The highest BCUT2D eigenvalue weighted by Gasteiger charge is 2.01. The third-order valence-corrected chi connectivity index (χ3v) is 4.20. The van der Waals surface area contributed by atoms with Crippen LogP contribution in [0.1, 0.15) is 5.69 Å². The minimum atomic E-state index is 0.460. The van der Waals surface area contributed by atoms with Crippen molar-refractivity contribution in [2.24, 2.45) is 10.2 Å². The van der Waals surface area contributed by atoms with Crippen LogP contribution in [0.5, 0.6) is 5.75 Å². The molecule has 0 unspecified atom stereocenters. The molecule has 0 amide bonds. The fraction of sp³-hybridized carbons (Fsp3) is 0.0417. The molecule has 0 N–H and O–H groups in total. The lowest BCUT2D eigenvalue weighted by molar-refractivity contribution is 0.301. The number of azo groups is 1. The second kappa shape index (κ2) is 8.73. The van der Waals surface area contributed by atoms with E-state index in [1.165, 1.54) is 0 Å². The van der Waals surface area contributed by atoms with Gasteiger partial charge in [-0.05, 0) is 59.7 Å². The molecule has 0 bridgehead atoms. The third-order valence-electron chi connectivity index (χ3n) is 4.20. The minimum Gasteiger partial charge on any atom is -0.487 e. The van der Waals surface area contributed by atoms with E-state index in [2.05, 4.69) is 15.2 Å². The molecule has 0 aliphatic heterocycles. The molecule has 0 fully saturated rings. The highest BCUT2D eigenvalue weighted by Crippen LogP contribution is 2.26. The Kier molecular flexibility index (Phi) is 5.49. The van der Waals surface area contributed by atoms with E-state index in [-0.39, 0.29) is 0 Å². The topological polar surface area (TPSA) is 46.8 Å². The molecular weight excluding hydrogens is 346 g/mol. The second-order valence-electron chi connectivity index (χ2n) is 6.22. The Labute approximate surface area is 164 Å². The summed E-state index contributed by atoms with van der Waals surface area (Å²) in [5.74, 6) is 0.822. The summed E-state index contributed by atoms with van der Waals surface area (Å²) < 4.78 is 5.79. The number of pyridine rings is 1. The maximum absolute atomic E-state index is 5.79. The molecule has 0 aliphatic rings. The number of aromatic nitrogens is 1. The Balaban J connectivity index is 1.39. The van der Waals surface area contributed by atoms with Crippen molar-refractivity contribution in [3.8, 4) is 16.9 Å². The van der Waals surface area contributed by atoms with Crippen LogP contribution in [0, 0.1) is 0 Å². The Bertz CT molecular complexity index is 1030. The SMILES string of the molecule is c1ccc(N=Nc2ccc(-c3ccc(OCc4ccccn4)cc3)cc2)cc1. The molecule has 4 nitrogen and oxygen atoms in total. The van der Waals surface area contributed by atoms with Crippen LogP contribution >= 0.6 is 0 Å². The van der Waals surface area contributed by atoms with Crippen LogP contribution in [0.4, 0.5) is 11.4 Å². The smallest absolute Gasteiger partial charge is 0.130 e. The summed E-state index contributed by atoms with van der Waals surface area (Å²) in [4.78, 5) is 4.26. The zero-order valence-electron chi connectivity index (χ0n) is 15.3. The van der Waals surface area contributed by atoms with Gasteiger partial charge in [0, 0.05) is 6.20 Å². The van der Waals surface area contributed by atoms with Gasteiger partial charge in [-0.1, -0.05) is 48.5 Å². The van der Waals surface area contributed by atoms with Gasteiger partial charge in [0.25, 0.3) is 0 Å². The zero-order chi connectivity index (χ0) is 19.0. The first-order valence-electron chi connectivity index (χ1n) is 9.07. The summed E-state index contributed by atoms with van der Waals surface area (Å²) in [6.07, 6.45) is 1.77. The summed E-state index contributed by atoms with van der Waals surface area (Å²) in [6.45, 7) is 0.460. The van der Waals surface area contributed by atoms with Crippen LogP contribution in [0.3, 0.4) is 0 Å². The Morgan fingerprint density at radius 2 is 1.21 bits per heavy atom. The van der Waals surface area contributed by atoms with Gasteiger partial charge in [-0.3, -0.25) is 4.98 Å². The van der Waals surface area contributed by atoms with Gasteiger partial charge in [-0.2, -0.15) is 10.2 Å². The van der Waals surface area contributed by atoms with Crippen LogP contribution in [0.2, 0.25) is 0 Å². The molecular formula is C24H19N3O. The van der Waals surface area contributed by atoms with E-state index < -0.39 is 0 Å². The van der Waals surface area contributed by atoms with Gasteiger partial charge in [0.05, 0.1) is 17.1 Å². The van der Waals surface area contributed by atoms with Crippen molar-refractivity contribution in [1.82, 2.24) is 4.98 Å². The lowest BCUT2D eigenvalue weighted by Gasteiger charge is -2.07. The van der Waals surface area contributed by atoms with E-state index >= 15 is 0 Å². The van der Waals surface area contributed by atoms with E-state index in [1.807, 2.05) is 97.1 Å². The predicted octanol–water partition coefficient (Wildman–Crippen LogP) is 6.74. The maximum atomic E-state index is 5.79. The Hall–Kier alpha value is -3.79. The van der Waals surface area contributed by atoms with Crippen molar-refractivity contribution < 1.29 is 4.74 Å². The minimum absolute atomic E-state index is 0.460. The number of benzene rings is 3. The van der Waals surface area contributed by atoms with E-state index in [1.54, 1.807) is 6.20 Å². The lowest BCUT2D eigenvalue weighted by Crippen LogP contribution is -1.97. The summed E-state index contributed by atoms with van der Waals surface area (Å²) in [5.41, 5.74) is 4.81. The van der Waals surface area contributed by atoms with Crippen LogP contribution in [0.15, 0.2) is 113 Å². The Morgan fingerprint density at radius 3 is 1.86 bits per heavy atom. The van der Waals surface area contributed by atoms with Crippen molar-refractivity contribution in [3.05, 3.63) is 109 Å². The molecule has 0 saturated carbocycles. The molecule has 0 spiro atoms. The van der Waals surface area contributed by atoms with Gasteiger partial charge >= 0.3 is 0 Å². The zero-order valence-corrected chi connectivity index (χ0v) is 15.3. The number of hydrogen-bond donors (Lipinski definition) is 0. The van der Waals surface area contributed by atoms with Crippen molar-refractivity contribution >= 4 is 11.4 Å². The molecule has 4 heteroatoms. The second-order valence-corrected chi connectivity index (χ2v) is 6.22. The van der Waals surface area contributed by atoms with Crippen LogP contribution in [-0.4, -0.2) is 4.98 Å². The number of nitrogens with zero attached hydrogens (tertiary/aromatic N) is 3. The molecule has 4 rings (SSSR count). The van der Waals surface area contributed by atoms with Gasteiger partial charge in [-0.15, -0.1) is 0 Å². The van der Waals surface area contributed by atoms with E-state index in [4.69, 9.17) is 4.74 Å². The highest BCUT2D eigenvalue weighted by molar-refractivity contribution is 5.66. The number of hydrogen-bond acceptors (Lipinski definition) is 4. The molecule has 136 valence electrons. The molecule has 4 aromatic rings. The molecule has 1 heterocycles. The molecule has 0 aliphatic carbocycles. The molecule has 1 aromatic heterocycles. The maximum Gasteiger partial charge on any atom is 0.130 e. The van der Waals surface area contributed by atoms with Gasteiger partial charge in [0.2, 0.25) is 0 Å². The summed E-state index contributed by atoms with van der Waals surface area (Å²) >= 11 is 0. The number of ether oxygens (including phenoxy) is 1. The van der Waals surface area contributed by atoms with Crippen LogP contribution in [0.25, 0.3) is 11.1 Å². The molecule has 28 heavy (non-hydrogen) atoms. The van der Waals surface area contributed by atoms with Crippen molar-refractivity contribution in [2.75, 3.05) is 0 Å². The van der Waals surface area contributed by atoms with Crippen LogP contribution < -0.4 is 4.74 Å². The van der Waals surface area contributed by atoms with Crippen LogP contribution in [-0.2, 0) is 6.61 Å². The van der Waals surface area contributed by atoms with Crippen molar-refractivity contribution in [3.63, 3.8) is 0 Å². The Morgan fingerprint density at radius 1 is 0.607 bits per heavy atom. The summed E-state index contributed by atoms with van der Waals surface area (Å²) in [6, 6.07) is 31.6. The van der Waals surface area contributed by atoms with E-state index in [9.17, 15) is 0 Å². The predicted molar refractivity (Wildman–Crippen MR) is 111 cm³/mol. The first kappa shape index (κ1) is 17.6.